The van der Waals surface area contributed by atoms with Crippen LogP contribution in [0.2, 0.25) is 0 Å². The SMILES string of the molecule is CCc1c2c(cc3c1OC(CC)O3)CCN(CCCCCCC(Sc1ccc(C)cc1)c1ccc(OC)c(OC)c1)C2. The highest BCUT2D eigenvalue weighted by molar-refractivity contribution is 7.99. The molecule has 5 rings (SSSR count). The normalized spacial score (nSPS) is 16.7. The van der Waals surface area contributed by atoms with E-state index in [-0.39, 0.29) is 6.29 Å². The molecular weight excluding hydrogens is 542 g/mol. The van der Waals surface area contributed by atoms with Gasteiger partial charge in [0.25, 0.3) is 0 Å². The van der Waals surface area contributed by atoms with Gasteiger partial charge in [0.05, 0.1) is 14.2 Å². The highest BCUT2D eigenvalue weighted by atomic mass is 32.2. The molecule has 0 aromatic heterocycles. The van der Waals surface area contributed by atoms with Crippen LogP contribution in [0.1, 0.15) is 85.4 Å². The van der Waals surface area contributed by atoms with Crippen molar-refractivity contribution in [3.63, 3.8) is 0 Å². The molecule has 226 valence electrons. The van der Waals surface area contributed by atoms with Gasteiger partial charge in [0.2, 0.25) is 6.29 Å². The fraction of sp³-hybridized carbons (Fsp3) is 0.500. The molecule has 0 saturated carbocycles. The standard InChI is InChI=1S/C36H47NO4S/c1-6-29-30-24-37(21-19-26(30)22-33-36(29)41-35(7-2)40-33)20-11-9-8-10-12-34(42-28-16-13-25(3)14-17-28)27-15-18-31(38-4)32(23-27)39-5/h13-18,22-23,34-35H,6-12,19-21,24H2,1-5H3. The second-order valence-corrected chi connectivity index (χ2v) is 12.8. The number of unbranched alkanes of at least 4 members (excludes halogenated alkanes) is 3. The van der Waals surface area contributed by atoms with Crippen LogP contribution in [0, 0.1) is 6.92 Å². The predicted octanol–water partition coefficient (Wildman–Crippen LogP) is 8.92. The number of ether oxygens (including phenoxy) is 4. The van der Waals surface area contributed by atoms with Crippen LogP contribution >= 0.6 is 11.8 Å². The molecule has 3 aromatic rings. The summed E-state index contributed by atoms with van der Waals surface area (Å²) < 4.78 is 23.3. The van der Waals surface area contributed by atoms with Crippen molar-refractivity contribution in [3.8, 4) is 23.0 Å². The smallest absolute Gasteiger partial charge is 0.241 e. The summed E-state index contributed by atoms with van der Waals surface area (Å²) in [7, 11) is 3.41. The van der Waals surface area contributed by atoms with Crippen LogP contribution in [-0.2, 0) is 19.4 Å². The molecular formula is C36H47NO4S. The fourth-order valence-electron chi connectivity index (χ4n) is 6.18. The molecule has 2 atom stereocenters. The second kappa shape index (κ2) is 14.6. The van der Waals surface area contributed by atoms with E-state index in [9.17, 15) is 0 Å². The third-order valence-corrected chi connectivity index (χ3v) is 9.93. The van der Waals surface area contributed by atoms with Crippen LogP contribution in [0.25, 0.3) is 0 Å². The minimum Gasteiger partial charge on any atom is -0.493 e. The maximum atomic E-state index is 6.17. The summed E-state index contributed by atoms with van der Waals surface area (Å²) in [6, 6.07) is 17.5. The zero-order valence-electron chi connectivity index (χ0n) is 26.0. The Balaban J connectivity index is 1.14. The van der Waals surface area contributed by atoms with Crippen molar-refractivity contribution in [3.05, 3.63) is 76.3 Å². The molecule has 0 radical (unpaired) electrons. The van der Waals surface area contributed by atoms with Crippen LogP contribution in [0.3, 0.4) is 0 Å². The lowest BCUT2D eigenvalue weighted by atomic mass is 9.92. The van der Waals surface area contributed by atoms with Gasteiger partial charge < -0.3 is 18.9 Å². The van der Waals surface area contributed by atoms with Crippen molar-refractivity contribution in [2.45, 2.75) is 95.1 Å². The van der Waals surface area contributed by atoms with Gasteiger partial charge in [0.15, 0.2) is 23.0 Å². The Morgan fingerprint density at radius 1 is 0.929 bits per heavy atom. The Morgan fingerprint density at radius 3 is 2.45 bits per heavy atom. The molecule has 0 spiro atoms. The Bertz CT molecular complexity index is 1320. The fourth-order valence-corrected chi connectivity index (χ4v) is 7.37. The van der Waals surface area contributed by atoms with E-state index < -0.39 is 0 Å². The maximum absolute atomic E-state index is 6.17. The molecule has 2 heterocycles. The monoisotopic (exact) mass is 589 g/mol. The van der Waals surface area contributed by atoms with Crippen LogP contribution in [0.15, 0.2) is 53.4 Å². The van der Waals surface area contributed by atoms with Gasteiger partial charge in [0, 0.05) is 35.2 Å². The van der Waals surface area contributed by atoms with E-state index >= 15 is 0 Å². The summed E-state index contributed by atoms with van der Waals surface area (Å²) in [6.07, 6.45) is 8.92. The van der Waals surface area contributed by atoms with Gasteiger partial charge in [-0.25, -0.2) is 0 Å². The number of rotatable bonds is 14. The Labute approximate surface area is 256 Å². The van der Waals surface area contributed by atoms with Gasteiger partial charge in [-0.3, -0.25) is 4.90 Å². The van der Waals surface area contributed by atoms with Crippen molar-refractivity contribution in [2.24, 2.45) is 0 Å². The molecule has 3 aromatic carbocycles. The number of hydrogen-bond donors (Lipinski definition) is 0. The number of aryl methyl sites for hydroxylation is 1. The minimum absolute atomic E-state index is 0.133. The first-order valence-electron chi connectivity index (χ1n) is 15.7. The summed E-state index contributed by atoms with van der Waals surface area (Å²) in [5.74, 6) is 3.53. The summed E-state index contributed by atoms with van der Waals surface area (Å²) in [5.41, 5.74) is 6.88. The van der Waals surface area contributed by atoms with Crippen LogP contribution in [0.4, 0.5) is 0 Å². The molecule has 0 aliphatic carbocycles. The third kappa shape index (κ3) is 7.20. The molecule has 0 saturated heterocycles. The molecule has 0 fully saturated rings. The zero-order chi connectivity index (χ0) is 29.5. The van der Waals surface area contributed by atoms with Gasteiger partial charge in [-0.1, -0.05) is 56.9 Å². The van der Waals surface area contributed by atoms with E-state index in [1.165, 1.54) is 58.4 Å². The van der Waals surface area contributed by atoms with Gasteiger partial charge in [-0.2, -0.15) is 0 Å². The first-order valence-corrected chi connectivity index (χ1v) is 16.6. The quantitative estimate of drug-likeness (QED) is 0.138. The molecule has 0 N–H and O–H groups in total. The lowest BCUT2D eigenvalue weighted by Gasteiger charge is -2.30. The third-order valence-electron chi connectivity index (χ3n) is 8.60. The largest absolute Gasteiger partial charge is 0.493 e. The summed E-state index contributed by atoms with van der Waals surface area (Å²) in [6.45, 7) is 9.81. The average molecular weight is 590 g/mol. The molecule has 0 amide bonds. The molecule has 0 bridgehead atoms. The van der Waals surface area contributed by atoms with E-state index in [0.29, 0.717) is 5.25 Å². The minimum atomic E-state index is -0.133. The molecule has 6 heteroatoms. The first kappa shape index (κ1) is 30.6. The highest BCUT2D eigenvalue weighted by Gasteiger charge is 2.30. The highest BCUT2D eigenvalue weighted by Crippen LogP contribution is 2.44. The topological polar surface area (TPSA) is 40.2 Å². The molecule has 2 unspecified atom stereocenters. The van der Waals surface area contributed by atoms with E-state index in [0.717, 1.165) is 68.3 Å². The number of hydrogen-bond acceptors (Lipinski definition) is 6. The van der Waals surface area contributed by atoms with Crippen molar-refractivity contribution < 1.29 is 18.9 Å². The van der Waals surface area contributed by atoms with Crippen LogP contribution in [-0.4, -0.2) is 38.5 Å². The Morgan fingerprint density at radius 2 is 1.71 bits per heavy atom. The number of thioether (sulfide) groups is 1. The van der Waals surface area contributed by atoms with Crippen molar-refractivity contribution in [1.82, 2.24) is 4.90 Å². The first-order chi connectivity index (χ1) is 20.5. The van der Waals surface area contributed by atoms with E-state index in [2.05, 4.69) is 68.1 Å². The van der Waals surface area contributed by atoms with Gasteiger partial charge in [0.1, 0.15) is 0 Å². The Kier molecular flexibility index (Phi) is 10.6. The van der Waals surface area contributed by atoms with Crippen LogP contribution < -0.4 is 18.9 Å². The molecule has 2 aliphatic heterocycles. The summed E-state index contributed by atoms with van der Waals surface area (Å²) in [4.78, 5) is 3.95. The van der Waals surface area contributed by atoms with Crippen molar-refractivity contribution in [1.29, 1.82) is 0 Å². The molecule has 2 aliphatic rings. The average Bonchev–Trinajstić information content (AvgIpc) is 3.44. The maximum Gasteiger partial charge on any atom is 0.241 e. The summed E-state index contributed by atoms with van der Waals surface area (Å²) >= 11 is 1.95. The lowest BCUT2D eigenvalue weighted by Crippen LogP contribution is -2.32. The predicted molar refractivity (Wildman–Crippen MR) is 173 cm³/mol. The number of fused-ring (bicyclic) bond motifs is 2. The van der Waals surface area contributed by atoms with E-state index in [1.807, 2.05) is 17.8 Å². The number of methoxy groups -OCH3 is 2. The van der Waals surface area contributed by atoms with Crippen molar-refractivity contribution >= 4 is 11.8 Å². The van der Waals surface area contributed by atoms with E-state index in [4.69, 9.17) is 18.9 Å². The van der Waals surface area contributed by atoms with Gasteiger partial charge >= 0.3 is 0 Å². The van der Waals surface area contributed by atoms with E-state index in [1.54, 1.807) is 14.2 Å². The molecule has 5 nitrogen and oxygen atoms in total. The van der Waals surface area contributed by atoms with Gasteiger partial charge in [-0.05, 0) is 86.2 Å². The number of benzene rings is 3. The zero-order valence-corrected chi connectivity index (χ0v) is 26.9. The Hall–Kier alpha value is -2.83. The lowest BCUT2D eigenvalue weighted by molar-refractivity contribution is 0.0460. The summed E-state index contributed by atoms with van der Waals surface area (Å²) in [5, 5.41) is 0.374. The second-order valence-electron chi connectivity index (χ2n) is 11.5. The molecule has 42 heavy (non-hydrogen) atoms. The number of nitrogens with zero attached hydrogens (tertiary/aromatic N) is 1. The van der Waals surface area contributed by atoms with Gasteiger partial charge in [-0.15, -0.1) is 11.8 Å². The van der Waals surface area contributed by atoms with Crippen molar-refractivity contribution in [2.75, 3.05) is 27.3 Å². The van der Waals surface area contributed by atoms with Crippen LogP contribution in [0.5, 0.6) is 23.0 Å².